The molecule has 0 spiro atoms. The van der Waals surface area contributed by atoms with Gasteiger partial charge in [0.25, 0.3) is 0 Å². The quantitative estimate of drug-likeness (QED) is 0.148. The van der Waals surface area contributed by atoms with Crippen LogP contribution in [0.5, 0.6) is 0 Å². The number of rotatable bonds is 6. The van der Waals surface area contributed by atoms with Crippen molar-refractivity contribution >= 4 is 0 Å². The van der Waals surface area contributed by atoms with Crippen LogP contribution in [0.15, 0.2) is 164 Å². The molecule has 0 radical (unpaired) electrons. The number of fused-ring (bicyclic) bond motifs is 1. The van der Waals surface area contributed by atoms with E-state index in [0.717, 1.165) is 90.1 Å². The molecule has 0 aliphatic heterocycles. The van der Waals surface area contributed by atoms with Gasteiger partial charge >= 0.3 is 0 Å². The van der Waals surface area contributed by atoms with Crippen molar-refractivity contribution in [3.8, 4) is 56.3 Å². The summed E-state index contributed by atoms with van der Waals surface area (Å²) in [5.41, 5.74) is 28.3. The van der Waals surface area contributed by atoms with Crippen molar-refractivity contribution in [2.75, 3.05) is 0 Å². The van der Waals surface area contributed by atoms with Gasteiger partial charge in [-0.05, 0) is 194 Å². The molecule has 0 saturated carbocycles. The van der Waals surface area contributed by atoms with Crippen molar-refractivity contribution in [3.63, 3.8) is 0 Å². The zero-order valence-electron chi connectivity index (χ0n) is 68.2. The second kappa shape index (κ2) is 29.5. The van der Waals surface area contributed by atoms with Crippen LogP contribution in [0.2, 0.25) is 0 Å². The summed E-state index contributed by atoms with van der Waals surface area (Å²) in [5.74, 6) is -1.63. The lowest BCUT2D eigenvalue weighted by molar-refractivity contribution is -0.667. The van der Waals surface area contributed by atoms with Gasteiger partial charge in [-0.2, -0.15) is 18.3 Å². The van der Waals surface area contributed by atoms with E-state index < -0.39 is 33.3 Å². The lowest BCUT2D eigenvalue weighted by atomic mass is 9.91. The van der Waals surface area contributed by atoms with Gasteiger partial charge in [0.2, 0.25) is 28.5 Å². The van der Waals surface area contributed by atoms with Gasteiger partial charge in [-0.15, -0.1) is 0 Å². The normalized spacial score (nSPS) is 14.9. The SMILES string of the molecule is Cc1ccccc1-c1cc2c(c[n+]1C)CCCC2.[2H]C([2H])([2H])C([2H])(C)c1ccc(-c2ccccc2C)[n+](C)c1C.[2H]C([2H])([2H])c1c(C)c(C)c(-c2ccccc2C)[n+](C)c1C.[2H]C([2H])([2H])c1c(C)cc(-c2ccccc2C)[n+](C)c1C.[2H]C([2H])([2H])c1ccc(-c2ccccc2C)[n+](C)c1C. The third-order valence-corrected chi connectivity index (χ3v) is 17.9. The average Bonchev–Trinajstić information content (AvgIpc) is 0.770. The van der Waals surface area contributed by atoms with Crippen LogP contribution in [0.3, 0.4) is 0 Å². The molecule has 1 aliphatic carbocycles. The van der Waals surface area contributed by atoms with Crippen LogP contribution in [0.25, 0.3) is 56.3 Å². The Labute approximate surface area is 543 Å². The second-order valence-electron chi connectivity index (χ2n) is 23.6. The van der Waals surface area contributed by atoms with E-state index in [-0.39, 0.29) is 0 Å². The van der Waals surface area contributed by atoms with E-state index in [9.17, 15) is 0 Å². The summed E-state index contributed by atoms with van der Waals surface area (Å²) in [5, 5.41) is 0. The van der Waals surface area contributed by atoms with Gasteiger partial charge in [0.15, 0.2) is 29.0 Å². The molecule has 11 rings (SSSR count). The molecule has 0 saturated heterocycles. The highest BCUT2D eigenvalue weighted by Gasteiger charge is 2.24. The van der Waals surface area contributed by atoms with E-state index in [1.807, 2.05) is 168 Å². The Hall–Kier alpha value is -8.15. The predicted octanol–water partition coefficient (Wildman–Crippen LogP) is 17.5. The number of benzene rings is 5. The third-order valence-electron chi connectivity index (χ3n) is 17.9. The first-order valence-electron chi connectivity index (χ1n) is 36.9. The summed E-state index contributed by atoms with van der Waals surface area (Å²) >= 11 is 0. The van der Waals surface area contributed by atoms with E-state index in [4.69, 9.17) is 17.8 Å². The van der Waals surface area contributed by atoms with Crippen molar-refractivity contribution in [1.29, 1.82) is 0 Å². The van der Waals surface area contributed by atoms with Crippen LogP contribution in [-0.4, -0.2) is 0 Å². The molecular weight excluding hydrogens is 1050 g/mol. The topological polar surface area (TPSA) is 19.4 Å². The number of pyridine rings is 5. The molecule has 5 heteroatoms. The highest BCUT2D eigenvalue weighted by Crippen LogP contribution is 2.30. The molecule has 0 bridgehead atoms. The van der Waals surface area contributed by atoms with Crippen LogP contribution in [0, 0.1) is 104 Å². The van der Waals surface area contributed by atoms with Gasteiger partial charge in [-0.25, -0.2) is 4.57 Å². The summed E-state index contributed by atoms with van der Waals surface area (Å²) < 4.78 is 110. The van der Waals surface area contributed by atoms with Crippen molar-refractivity contribution in [2.24, 2.45) is 35.2 Å². The molecule has 0 amide bonds. The maximum Gasteiger partial charge on any atom is 0.215 e. The largest absolute Gasteiger partial charge is 0.215 e. The molecule has 5 nitrogen and oxygen atoms in total. The van der Waals surface area contributed by atoms with Gasteiger partial charge in [0.05, 0.1) is 0 Å². The van der Waals surface area contributed by atoms with Crippen molar-refractivity contribution < 1.29 is 40.7 Å². The Morgan fingerprint density at radius 2 is 0.782 bits per heavy atom. The zero-order chi connectivity index (χ0) is 74.5. The zero-order valence-corrected chi connectivity index (χ0v) is 55.2. The summed E-state index contributed by atoms with van der Waals surface area (Å²) in [4.78, 5) is 0. The van der Waals surface area contributed by atoms with Crippen LogP contribution in [-0.2, 0) is 48.1 Å². The Bertz CT molecular complexity index is 4580. The lowest BCUT2D eigenvalue weighted by Crippen LogP contribution is -2.37. The van der Waals surface area contributed by atoms with Crippen molar-refractivity contribution in [2.45, 2.75) is 149 Å². The maximum absolute atomic E-state index is 8.30. The molecule has 1 unspecified atom stereocenters. The summed E-state index contributed by atoms with van der Waals surface area (Å²) in [7, 11) is 9.85. The smallest absolute Gasteiger partial charge is 0.201 e. The molecule has 1 aliphatic rings. The van der Waals surface area contributed by atoms with Crippen molar-refractivity contribution in [3.05, 3.63) is 265 Å². The Kier molecular flexibility index (Phi) is 16.9. The van der Waals surface area contributed by atoms with Crippen LogP contribution in [0.4, 0.5) is 0 Å². The molecule has 1 atom stereocenters. The fraction of sp³-hybridized carbons (Fsp3) is 0.329. The first-order chi connectivity index (χ1) is 46.5. The molecule has 87 heavy (non-hydrogen) atoms. The summed E-state index contributed by atoms with van der Waals surface area (Å²) in [6.45, 7) is 16.6. The van der Waals surface area contributed by atoms with Crippen molar-refractivity contribution in [1.82, 2.24) is 0 Å². The molecule has 0 N–H and O–H groups in total. The van der Waals surface area contributed by atoms with E-state index >= 15 is 0 Å². The highest BCUT2D eigenvalue weighted by molar-refractivity contribution is 5.67. The Morgan fingerprint density at radius 1 is 0.356 bits per heavy atom. The molecule has 0 fully saturated rings. The standard InChI is InChI=1S/C17H20N.2C17H22N.C16H20N.C15H18N/c1-13-7-3-6-10-16(13)17-11-14-8-4-5-9-15(14)12-18(17)2;1-11-9-7-8-10-16(11)17-14(4)12(2)13(3)15(5)18(17)6;1-12(2)15-10-11-17(18(5)14(15)4)16-9-7-6-8-13(16)3;1-11-8-6-7-9-15(11)16-10-12(2)13(3)14(4)17(16)5;1-11-9-10-15(16(4)13(11)3)14-8-6-5-7-12(14)2/h3,6-7,10-12H,4-5,8-9H2,1-2H3;7-10H,1-6H3;6-12H,1-5H3;6-10H,1-5H3;5-10H,1-4H3/q5*+1/i;3D3;1D3,12D;3D3;1D3. The Morgan fingerprint density at radius 3 is 1.26 bits per heavy atom. The fourth-order valence-electron chi connectivity index (χ4n) is 11.7. The number of hydrogen-bond donors (Lipinski definition) is 0. The van der Waals surface area contributed by atoms with E-state index in [0.29, 0.717) is 22.3 Å². The highest BCUT2D eigenvalue weighted by atomic mass is 15.0. The van der Waals surface area contributed by atoms with E-state index in [1.54, 1.807) is 23.3 Å². The fourth-order valence-corrected chi connectivity index (χ4v) is 11.7. The first kappa shape index (κ1) is 49.9. The number of nitrogens with zero attached hydrogens (tertiary/aromatic N) is 5. The van der Waals surface area contributed by atoms with Crippen LogP contribution in [0.1, 0.15) is 151 Å². The van der Waals surface area contributed by atoms with Gasteiger partial charge < -0.3 is 0 Å². The molecule has 5 aromatic carbocycles. The van der Waals surface area contributed by atoms with Crippen LogP contribution < -0.4 is 22.8 Å². The lowest BCUT2D eigenvalue weighted by Gasteiger charge is -2.15. The van der Waals surface area contributed by atoms with Gasteiger partial charge in [0.1, 0.15) is 35.2 Å². The van der Waals surface area contributed by atoms with E-state index in [1.165, 1.54) is 66.1 Å². The second-order valence-corrected chi connectivity index (χ2v) is 23.6. The monoisotopic (exact) mass is 1170 g/mol. The number of hydrogen-bond acceptors (Lipinski definition) is 0. The minimum atomic E-state index is -2.37. The van der Waals surface area contributed by atoms with Gasteiger partial charge in [0, 0.05) is 131 Å². The average molecular weight is 1170 g/mol. The molecule has 5 aromatic heterocycles. The number of aromatic nitrogens is 5. The van der Waals surface area contributed by atoms with Gasteiger partial charge in [-0.1, -0.05) is 105 Å². The summed E-state index contributed by atoms with van der Waals surface area (Å²) in [6, 6.07) is 52.8. The molecule has 10 aromatic rings. The minimum absolute atomic E-state index is 0.410. The van der Waals surface area contributed by atoms with Crippen LogP contribution >= 0.6 is 0 Å². The van der Waals surface area contributed by atoms with Gasteiger partial charge in [-0.3, -0.25) is 0 Å². The maximum atomic E-state index is 8.30. The minimum Gasteiger partial charge on any atom is -0.201 e. The third kappa shape index (κ3) is 15.2. The molecule has 450 valence electrons. The first-order valence-corrected chi connectivity index (χ1v) is 30.4. The number of aryl methyl sites for hydroxylation is 10. The molecular formula is C82H102N5+5. The predicted molar refractivity (Wildman–Crippen MR) is 367 cm³/mol. The molecule has 5 heterocycles. The summed E-state index contributed by atoms with van der Waals surface area (Å²) in [6.07, 6.45) is 7.51. The Balaban J connectivity index is 0.000000176. The van der Waals surface area contributed by atoms with E-state index in [2.05, 4.69) is 125 Å².